The predicted molar refractivity (Wildman–Crippen MR) is 49.1 cm³/mol. The fourth-order valence-corrected chi connectivity index (χ4v) is 1.58. The molecule has 0 radical (unpaired) electrons. The Labute approximate surface area is 72.6 Å². The van der Waals surface area contributed by atoms with Gasteiger partial charge in [-0.1, -0.05) is 0 Å². The molecule has 0 aromatic carbocycles. The Hall–Kier alpha value is -0.800. The average molecular weight is 168 g/mol. The highest BCUT2D eigenvalue weighted by Gasteiger charge is 2.14. The van der Waals surface area contributed by atoms with Crippen molar-refractivity contribution in [1.82, 2.24) is 4.98 Å². The lowest BCUT2D eigenvalue weighted by Gasteiger charge is -2.12. The van der Waals surface area contributed by atoms with Gasteiger partial charge in [-0.3, -0.25) is 0 Å². The molecule has 12 heavy (non-hydrogen) atoms. The zero-order valence-corrected chi connectivity index (χ0v) is 7.59. The number of nitrogens with two attached hydrogens (primary N) is 1. The normalized spacial score (nSPS) is 13.3. The van der Waals surface area contributed by atoms with E-state index in [1.807, 2.05) is 20.0 Å². The maximum Gasteiger partial charge on any atom is 0.0512 e. The molecule has 1 rings (SSSR count). The van der Waals surface area contributed by atoms with Gasteiger partial charge in [0.15, 0.2) is 0 Å². The summed E-state index contributed by atoms with van der Waals surface area (Å²) in [7, 11) is 0. The maximum atomic E-state index is 9.05. The van der Waals surface area contributed by atoms with Crippen LogP contribution in [0.5, 0.6) is 0 Å². The first-order valence-electron chi connectivity index (χ1n) is 4.16. The first-order valence-corrected chi connectivity index (χ1v) is 4.16. The topological polar surface area (TPSA) is 62.0 Å². The van der Waals surface area contributed by atoms with E-state index in [0.717, 1.165) is 5.69 Å². The van der Waals surface area contributed by atoms with Gasteiger partial charge >= 0.3 is 0 Å². The van der Waals surface area contributed by atoms with E-state index in [1.165, 1.54) is 11.1 Å². The molecule has 68 valence electrons. The molecule has 1 heterocycles. The van der Waals surface area contributed by atoms with Gasteiger partial charge in [-0.15, -0.1) is 0 Å². The molecule has 1 aromatic rings. The van der Waals surface area contributed by atoms with E-state index in [0.29, 0.717) is 6.54 Å². The van der Waals surface area contributed by atoms with E-state index >= 15 is 0 Å². The van der Waals surface area contributed by atoms with Crippen molar-refractivity contribution in [2.75, 3.05) is 13.2 Å². The van der Waals surface area contributed by atoms with Gasteiger partial charge < -0.3 is 15.8 Å². The molecule has 0 aliphatic carbocycles. The molecule has 1 unspecified atom stereocenters. The van der Waals surface area contributed by atoms with Crippen LogP contribution in [0.2, 0.25) is 0 Å². The molecule has 0 amide bonds. The molecular weight excluding hydrogens is 152 g/mol. The first kappa shape index (κ1) is 9.29. The van der Waals surface area contributed by atoms with Crippen LogP contribution in [-0.2, 0) is 0 Å². The lowest BCUT2D eigenvalue weighted by molar-refractivity contribution is 0.267. The Balaban J connectivity index is 2.98. The molecule has 3 nitrogen and oxygen atoms in total. The van der Waals surface area contributed by atoms with Crippen LogP contribution in [0.3, 0.4) is 0 Å². The number of aryl methyl sites for hydroxylation is 2. The van der Waals surface area contributed by atoms with Crippen molar-refractivity contribution >= 4 is 0 Å². The van der Waals surface area contributed by atoms with Crippen LogP contribution in [0.1, 0.15) is 22.7 Å². The van der Waals surface area contributed by atoms with Gasteiger partial charge in [-0.2, -0.15) is 0 Å². The highest BCUT2D eigenvalue weighted by molar-refractivity contribution is 5.32. The number of rotatable bonds is 3. The van der Waals surface area contributed by atoms with Gasteiger partial charge in [0.25, 0.3) is 0 Å². The summed E-state index contributed by atoms with van der Waals surface area (Å²) in [4.78, 5) is 3.12. The Bertz CT molecular complexity index is 232. The number of hydrogen-bond acceptors (Lipinski definition) is 2. The Morgan fingerprint density at radius 3 is 2.58 bits per heavy atom. The van der Waals surface area contributed by atoms with Crippen LogP contribution < -0.4 is 5.73 Å². The largest absolute Gasteiger partial charge is 0.396 e. The Morgan fingerprint density at radius 1 is 1.58 bits per heavy atom. The molecule has 0 aliphatic heterocycles. The third kappa shape index (κ3) is 1.52. The summed E-state index contributed by atoms with van der Waals surface area (Å²) in [5, 5.41) is 9.05. The fraction of sp³-hybridized carbons (Fsp3) is 0.556. The van der Waals surface area contributed by atoms with Crippen molar-refractivity contribution in [3.63, 3.8) is 0 Å². The van der Waals surface area contributed by atoms with Crippen LogP contribution in [0.4, 0.5) is 0 Å². The van der Waals surface area contributed by atoms with Crippen LogP contribution in [0.15, 0.2) is 6.20 Å². The van der Waals surface area contributed by atoms with Crippen molar-refractivity contribution in [3.8, 4) is 0 Å². The highest BCUT2D eigenvalue weighted by atomic mass is 16.3. The molecule has 1 aromatic heterocycles. The van der Waals surface area contributed by atoms with Crippen LogP contribution in [0, 0.1) is 13.8 Å². The van der Waals surface area contributed by atoms with Gasteiger partial charge in [-0.05, 0) is 25.0 Å². The number of aliphatic hydroxyl groups excluding tert-OH is 1. The van der Waals surface area contributed by atoms with Gasteiger partial charge in [0.2, 0.25) is 0 Å². The number of H-pyrrole nitrogens is 1. The SMILES string of the molecule is Cc1c[nH]c(C)c1C(CN)CO. The van der Waals surface area contributed by atoms with E-state index in [-0.39, 0.29) is 12.5 Å². The van der Waals surface area contributed by atoms with Crippen LogP contribution in [0.25, 0.3) is 0 Å². The summed E-state index contributed by atoms with van der Waals surface area (Å²) in [6.45, 7) is 4.64. The molecule has 1 atom stereocenters. The van der Waals surface area contributed by atoms with E-state index in [1.54, 1.807) is 0 Å². The van der Waals surface area contributed by atoms with E-state index in [9.17, 15) is 0 Å². The first-order chi connectivity index (χ1) is 5.70. The van der Waals surface area contributed by atoms with E-state index in [4.69, 9.17) is 10.8 Å². The second kappa shape index (κ2) is 3.74. The fourth-order valence-electron chi connectivity index (χ4n) is 1.58. The molecule has 0 fully saturated rings. The third-order valence-corrected chi connectivity index (χ3v) is 2.25. The Kier molecular flexibility index (Phi) is 2.89. The third-order valence-electron chi connectivity index (χ3n) is 2.25. The average Bonchev–Trinajstić information content (AvgIpc) is 2.38. The standard InChI is InChI=1S/C9H16N2O/c1-6-4-11-7(2)9(6)8(3-10)5-12/h4,8,11-12H,3,5,10H2,1-2H3. The summed E-state index contributed by atoms with van der Waals surface area (Å²) in [6, 6.07) is 0. The molecule has 4 N–H and O–H groups in total. The minimum atomic E-state index is 0.0799. The summed E-state index contributed by atoms with van der Waals surface area (Å²) < 4.78 is 0. The second-order valence-corrected chi connectivity index (χ2v) is 3.13. The van der Waals surface area contributed by atoms with E-state index < -0.39 is 0 Å². The minimum Gasteiger partial charge on any atom is -0.396 e. The van der Waals surface area contributed by atoms with Gasteiger partial charge in [-0.25, -0.2) is 0 Å². The second-order valence-electron chi connectivity index (χ2n) is 3.13. The smallest absolute Gasteiger partial charge is 0.0512 e. The van der Waals surface area contributed by atoms with Gasteiger partial charge in [0.1, 0.15) is 0 Å². The highest BCUT2D eigenvalue weighted by Crippen LogP contribution is 2.21. The lowest BCUT2D eigenvalue weighted by Crippen LogP contribution is -2.17. The predicted octanol–water partition coefficient (Wildman–Crippen LogP) is 0.666. The number of hydrogen-bond donors (Lipinski definition) is 3. The molecular formula is C9H16N2O. The zero-order valence-electron chi connectivity index (χ0n) is 7.59. The molecule has 0 spiro atoms. The zero-order chi connectivity index (χ0) is 9.14. The van der Waals surface area contributed by atoms with Crippen molar-refractivity contribution in [2.45, 2.75) is 19.8 Å². The Morgan fingerprint density at radius 2 is 2.25 bits per heavy atom. The monoisotopic (exact) mass is 168 g/mol. The molecule has 0 aliphatic rings. The van der Waals surface area contributed by atoms with Gasteiger partial charge in [0.05, 0.1) is 6.61 Å². The van der Waals surface area contributed by atoms with Gasteiger partial charge in [0, 0.05) is 24.4 Å². The molecule has 3 heteroatoms. The molecule has 0 saturated carbocycles. The van der Waals surface area contributed by atoms with Crippen LogP contribution in [-0.4, -0.2) is 23.2 Å². The number of aliphatic hydroxyl groups is 1. The van der Waals surface area contributed by atoms with Crippen molar-refractivity contribution in [1.29, 1.82) is 0 Å². The number of aromatic amines is 1. The van der Waals surface area contributed by atoms with Crippen LogP contribution >= 0.6 is 0 Å². The lowest BCUT2D eigenvalue weighted by atomic mass is 9.97. The number of aromatic nitrogens is 1. The van der Waals surface area contributed by atoms with Crippen molar-refractivity contribution in [3.05, 3.63) is 23.0 Å². The molecule has 0 bridgehead atoms. The minimum absolute atomic E-state index is 0.0799. The van der Waals surface area contributed by atoms with Crippen molar-refractivity contribution in [2.24, 2.45) is 5.73 Å². The van der Waals surface area contributed by atoms with E-state index in [2.05, 4.69) is 4.98 Å². The summed E-state index contributed by atoms with van der Waals surface area (Å²) >= 11 is 0. The van der Waals surface area contributed by atoms with Crippen molar-refractivity contribution < 1.29 is 5.11 Å². The molecule has 0 saturated heterocycles. The maximum absolute atomic E-state index is 9.05. The number of nitrogens with one attached hydrogen (secondary N) is 1. The summed E-state index contributed by atoms with van der Waals surface area (Å²) in [5.74, 6) is 0.0799. The quantitative estimate of drug-likeness (QED) is 0.621. The summed E-state index contributed by atoms with van der Waals surface area (Å²) in [5.41, 5.74) is 8.99. The summed E-state index contributed by atoms with van der Waals surface area (Å²) in [6.07, 6.45) is 1.95.